The van der Waals surface area contributed by atoms with Crippen molar-refractivity contribution in [1.82, 2.24) is 8.87 Å². The molecule has 1 aliphatic rings. The standard InChI is InChI=1S/C23H27N3O5S2/c1-15-7-9-17(10-8-15)33(28,29)26-13-5-6-16(14-26)22(27)24-23-25(2)20-18(30-3)11-12-19(31-4)21(20)32-23/h7-12,16H,5-6,13-14H2,1-4H3. The summed E-state index contributed by atoms with van der Waals surface area (Å²) in [5.74, 6) is 0.520. The number of hydrogen-bond acceptors (Lipinski definition) is 6. The number of nitrogens with zero attached hydrogens (tertiary/aromatic N) is 3. The molecule has 1 saturated heterocycles. The maximum Gasteiger partial charge on any atom is 0.252 e. The monoisotopic (exact) mass is 489 g/mol. The van der Waals surface area contributed by atoms with Crippen molar-refractivity contribution in [3.05, 3.63) is 46.8 Å². The van der Waals surface area contributed by atoms with Gasteiger partial charge in [-0.25, -0.2) is 8.42 Å². The first-order valence-electron chi connectivity index (χ1n) is 10.6. The summed E-state index contributed by atoms with van der Waals surface area (Å²) >= 11 is 1.34. The zero-order chi connectivity index (χ0) is 23.8. The topological polar surface area (TPSA) is 90.2 Å². The van der Waals surface area contributed by atoms with Crippen molar-refractivity contribution in [2.75, 3.05) is 27.3 Å². The second-order valence-corrected chi connectivity index (χ2v) is 11.0. The Hall–Kier alpha value is -2.69. The molecular weight excluding hydrogens is 462 g/mol. The summed E-state index contributed by atoms with van der Waals surface area (Å²) < 4.78 is 41.2. The van der Waals surface area contributed by atoms with Crippen LogP contribution in [0.3, 0.4) is 0 Å². The number of aromatic nitrogens is 1. The van der Waals surface area contributed by atoms with Gasteiger partial charge >= 0.3 is 0 Å². The number of fused-ring (bicyclic) bond motifs is 1. The quantitative estimate of drug-likeness (QED) is 0.549. The van der Waals surface area contributed by atoms with Crippen LogP contribution in [0, 0.1) is 12.8 Å². The second-order valence-electron chi connectivity index (χ2n) is 8.06. The normalized spacial score (nSPS) is 17.9. The maximum atomic E-state index is 13.1. The number of piperidine rings is 1. The van der Waals surface area contributed by atoms with Gasteiger partial charge in [-0.05, 0) is 44.0 Å². The molecule has 10 heteroatoms. The van der Waals surface area contributed by atoms with E-state index in [0.29, 0.717) is 35.7 Å². The minimum Gasteiger partial charge on any atom is -0.495 e. The lowest BCUT2D eigenvalue weighted by molar-refractivity contribution is -0.122. The summed E-state index contributed by atoms with van der Waals surface area (Å²) in [4.78, 5) is 18.2. The Kier molecular flexibility index (Phi) is 6.60. The van der Waals surface area contributed by atoms with E-state index in [1.807, 2.05) is 30.7 Å². The summed E-state index contributed by atoms with van der Waals surface area (Å²) in [5.41, 5.74) is 1.78. The van der Waals surface area contributed by atoms with Gasteiger partial charge in [-0.2, -0.15) is 9.30 Å². The zero-order valence-electron chi connectivity index (χ0n) is 19.1. The highest BCUT2D eigenvalue weighted by molar-refractivity contribution is 7.89. The van der Waals surface area contributed by atoms with Crippen molar-refractivity contribution in [3.63, 3.8) is 0 Å². The van der Waals surface area contributed by atoms with Gasteiger partial charge in [0.25, 0.3) is 5.91 Å². The van der Waals surface area contributed by atoms with E-state index < -0.39 is 15.9 Å². The summed E-state index contributed by atoms with van der Waals surface area (Å²) in [7, 11) is 1.34. The van der Waals surface area contributed by atoms with Crippen molar-refractivity contribution in [2.45, 2.75) is 24.7 Å². The molecule has 0 radical (unpaired) electrons. The third-order valence-corrected chi connectivity index (χ3v) is 8.94. The minimum absolute atomic E-state index is 0.125. The molecule has 176 valence electrons. The number of carbonyl (C=O) groups is 1. The molecule has 0 N–H and O–H groups in total. The molecule has 1 atom stereocenters. The average molecular weight is 490 g/mol. The maximum absolute atomic E-state index is 13.1. The molecule has 4 rings (SSSR count). The van der Waals surface area contributed by atoms with Gasteiger partial charge in [-0.3, -0.25) is 4.79 Å². The van der Waals surface area contributed by atoms with Gasteiger partial charge in [0.1, 0.15) is 21.7 Å². The first kappa shape index (κ1) is 23.5. The average Bonchev–Trinajstić information content (AvgIpc) is 3.15. The van der Waals surface area contributed by atoms with Gasteiger partial charge in [0.15, 0.2) is 4.80 Å². The number of thiazole rings is 1. The highest BCUT2D eigenvalue weighted by atomic mass is 32.2. The third kappa shape index (κ3) is 4.42. The van der Waals surface area contributed by atoms with Gasteiger partial charge < -0.3 is 14.0 Å². The number of sulfonamides is 1. The fourth-order valence-electron chi connectivity index (χ4n) is 4.04. The Balaban J connectivity index is 1.64. The third-order valence-electron chi connectivity index (χ3n) is 5.91. The van der Waals surface area contributed by atoms with E-state index in [0.717, 1.165) is 15.8 Å². The molecule has 1 amide bonds. The molecule has 2 heterocycles. The predicted molar refractivity (Wildman–Crippen MR) is 127 cm³/mol. The van der Waals surface area contributed by atoms with Crippen molar-refractivity contribution in [1.29, 1.82) is 0 Å². The largest absolute Gasteiger partial charge is 0.495 e. The zero-order valence-corrected chi connectivity index (χ0v) is 20.7. The van der Waals surface area contributed by atoms with E-state index in [9.17, 15) is 13.2 Å². The van der Waals surface area contributed by atoms with Gasteiger partial charge in [0.05, 0.1) is 25.0 Å². The van der Waals surface area contributed by atoms with Crippen molar-refractivity contribution >= 4 is 37.5 Å². The van der Waals surface area contributed by atoms with Crippen LogP contribution in [-0.2, 0) is 21.9 Å². The summed E-state index contributed by atoms with van der Waals surface area (Å²) in [6.07, 6.45) is 1.21. The van der Waals surface area contributed by atoms with E-state index >= 15 is 0 Å². The molecule has 1 aliphatic heterocycles. The predicted octanol–water partition coefficient (Wildman–Crippen LogP) is 3.09. The van der Waals surface area contributed by atoms with Crippen molar-refractivity contribution < 1.29 is 22.7 Å². The second kappa shape index (κ2) is 9.28. The van der Waals surface area contributed by atoms with Crippen LogP contribution in [0.2, 0.25) is 0 Å². The Bertz CT molecular complexity index is 1360. The Morgan fingerprint density at radius 1 is 1.09 bits per heavy atom. The van der Waals surface area contributed by atoms with Gasteiger partial charge in [-0.15, -0.1) is 0 Å². The first-order valence-corrected chi connectivity index (χ1v) is 12.9. The molecular formula is C23H27N3O5S2. The van der Waals surface area contributed by atoms with Crippen molar-refractivity contribution in [2.24, 2.45) is 18.0 Å². The number of carbonyl (C=O) groups excluding carboxylic acids is 1. The smallest absolute Gasteiger partial charge is 0.252 e. The lowest BCUT2D eigenvalue weighted by Crippen LogP contribution is -2.42. The molecule has 0 aliphatic carbocycles. The first-order chi connectivity index (χ1) is 15.8. The number of hydrogen-bond donors (Lipinski definition) is 0. The highest BCUT2D eigenvalue weighted by Gasteiger charge is 2.33. The Morgan fingerprint density at radius 2 is 1.76 bits per heavy atom. The molecule has 1 fully saturated rings. The summed E-state index contributed by atoms with van der Waals surface area (Å²) in [6.45, 7) is 2.43. The summed E-state index contributed by atoms with van der Waals surface area (Å²) in [5, 5.41) is 0. The van der Waals surface area contributed by atoms with Crippen LogP contribution in [0.1, 0.15) is 18.4 Å². The van der Waals surface area contributed by atoms with Crippen LogP contribution in [0.5, 0.6) is 11.5 Å². The molecule has 3 aromatic rings. The number of benzene rings is 2. The van der Waals surface area contributed by atoms with E-state index in [1.54, 1.807) is 38.5 Å². The lowest BCUT2D eigenvalue weighted by atomic mass is 9.99. The minimum atomic E-state index is -3.66. The highest BCUT2D eigenvalue weighted by Crippen LogP contribution is 2.34. The lowest BCUT2D eigenvalue weighted by Gasteiger charge is -2.30. The number of methoxy groups -OCH3 is 2. The number of ether oxygens (including phenoxy) is 2. The summed E-state index contributed by atoms with van der Waals surface area (Å²) in [6, 6.07) is 10.4. The molecule has 1 aromatic heterocycles. The van der Waals surface area contributed by atoms with Crippen LogP contribution >= 0.6 is 11.3 Å². The molecule has 0 spiro atoms. The molecule has 0 saturated carbocycles. The van der Waals surface area contributed by atoms with E-state index in [2.05, 4.69) is 4.99 Å². The van der Waals surface area contributed by atoms with Crippen LogP contribution in [0.15, 0.2) is 46.3 Å². The molecule has 1 unspecified atom stereocenters. The fourth-order valence-corrected chi connectivity index (χ4v) is 6.69. The molecule has 2 aromatic carbocycles. The van der Waals surface area contributed by atoms with Gasteiger partial charge in [0, 0.05) is 20.1 Å². The van der Waals surface area contributed by atoms with Gasteiger partial charge in [-0.1, -0.05) is 29.0 Å². The molecule has 0 bridgehead atoms. The van der Waals surface area contributed by atoms with Crippen LogP contribution < -0.4 is 14.3 Å². The Morgan fingerprint density at radius 3 is 2.42 bits per heavy atom. The van der Waals surface area contributed by atoms with Crippen molar-refractivity contribution in [3.8, 4) is 11.5 Å². The van der Waals surface area contributed by atoms with E-state index in [1.165, 1.54) is 15.6 Å². The number of rotatable bonds is 5. The fraction of sp³-hybridized carbons (Fsp3) is 0.391. The van der Waals surface area contributed by atoms with E-state index in [-0.39, 0.29) is 17.3 Å². The van der Waals surface area contributed by atoms with E-state index in [4.69, 9.17) is 9.47 Å². The SMILES string of the molecule is COc1ccc(OC)c2c1sc(=NC(=O)C1CCCN(S(=O)(=O)c3ccc(C)cc3)C1)n2C. The van der Waals surface area contributed by atoms with Crippen LogP contribution in [0.4, 0.5) is 0 Å². The van der Waals surface area contributed by atoms with Crippen LogP contribution in [-0.4, -0.2) is 50.5 Å². The number of amides is 1. The van der Waals surface area contributed by atoms with Crippen LogP contribution in [0.25, 0.3) is 10.2 Å². The number of aryl methyl sites for hydroxylation is 2. The van der Waals surface area contributed by atoms with Gasteiger partial charge in [0.2, 0.25) is 10.0 Å². The Labute approximate surface area is 197 Å². The molecule has 33 heavy (non-hydrogen) atoms. The molecule has 8 nitrogen and oxygen atoms in total.